The monoisotopic (exact) mass is 483 g/mol. The molecule has 1 aliphatic heterocycles. The molecule has 1 N–H and O–H groups in total. The number of fused-ring (bicyclic) bond motifs is 1. The van der Waals surface area contributed by atoms with Gasteiger partial charge in [0.25, 0.3) is 5.56 Å². The number of amides is 1. The smallest absolute Gasteiger partial charge is 0.263 e. The predicted octanol–water partition coefficient (Wildman–Crippen LogP) is 4.19. The quantitative estimate of drug-likeness (QED) is 0.446. The highest BCUT2D eigenvalue weighted by molar-refractivity contribution is 7.18. The molecule has 33 heavy (non-hydrogen) atoms. The first-order chi connectivity index (χ1) is 16.1. The Morgan fingerprint density at radius 3 is 2.82 bits per heavy atom. The molecule has 0 saturated carbocycles. The van der Waals surface area contributed by atoms with Crippen molar-refractivity contribution in [1.29, 1.82) is 0 Å². The lowest BCUT2D eigenvalue weighted by Gasteiger charge is -2.38. The van der Waals surface area contributed by atoms with Gasteiger partial charge in [0.2, 0.25) is 5.91 Å². The number of carbonyl (C=O) groups excluding carboxylic acids is 1. The van der Waals surface area contributed by atoms with E-state index in [-0.39, 0.29) is 23.8 Å². The van der Waals surface area contributed by atoms with Gasteiger partial charge in [0.1, 0.15) is 17.2 Å². The fourth-order valence-electron chi connectivity index (χ4n) is 4.32. The van der Waals surface area contributed by atoms with Crippen LogP contribution < -0.4 is 10.9 Å². The topological polar surface area (TPSA) is 73.2 Å². The van der Waals surface area contributed by atoms with E-state index in [1.54, 1.807) is 17.4 Å². The number of halogens is 1. The Hall–Kier alpha value is -2.88. The molecule has 4 heterocycles. The summed E-state index contributed by atoms with van der Waals surface area (Å²) >= 11 is 2.98. The minimum absolute atomic E-state index is 0.128. The van der Waals surface area contributed by atoms with Gasteiger partial charge in [-0.05, 0) is 42.0 Å². The van der Waals surface area contributed by atoms with E-state index in [0.29, 0.717) is 42.8 Å². The van der Waals surface area contributed by atoms with E-state index in [2.05, 4.69) is 10.3 Å². The second-order valence-electron chi connectivity index (χ2n) is 8.16. The average molecular weight is 484 g/mol. The molecule has 0 spiro atoms. The minimum Gasteiger partial charge on any atom is -0.381 e. The second kappa shape index (κ2) is 9.17. The summed E-state index contributed by atoms with van der Waals surface area (Å²) in [4.78, 5) is 32.1. The summed E-state index contributed by atoms with van der Waals surface area (Å²) in [6.45, 7) is 1.32. The van der Waals surface area contributed by atoms with E-state index in [1.165, 1.54) is 34.4 Å². The van der Waals surface area contributed by atoms with Crippen LogP contribution in [0.4, 0.5) is 4.39 Å². The van der Waals surface area contributed by atoms with E-state index >= 15 is 0 Å². The van der Waals surface area contributed by atoms with Gasteiger partial charge in [-0.15, -0.1) is 22.7 Å². The van der Waals surface area contributed by atoms with Crippen molar-refractivity contribution in [3.63, 3.8) is 0 Å². The number of benzene rings is 1. The second-order valence-corrected chi connectivity index (χ2v) is 9.97. The first-order valence-corrected chi connectivity index (χ1v) is 12.4. The highest BCUT2D eigenvalue weighted by atomic mass is 32.1. The summed E-state index contributed by atoms with van der Waals surface area (Å²) in [6, 6.07) is 10.4. The van der Waals surface area contributed by atoms with Gasteiger partial charge in [-0.25, -0.2) is 9.37 Å². The largest absolute Gasteiger partial charge is 0.381 e. The van der Waals surface area contributed by atoms with Crippen LogP contribution in [0, 0.1) is 5.82 Å². The highest BCUT2D eigenvalue weighted by Gasteiger charge is 2.35. The number of ether oxygens (including phenoxy) is 1. The number of hydrogen-bond donors (Lipinski definition) is 1. The number of aromatic nitrogens is 2. The summed E-state index contributed by atoms with van der Waals surface area (Å²) in [5.74, 6) is -0.582. The van der Waals surface area contributed by atoms with Crippen LogP contribution >= 0.6 is 22.7 Å². The Balaban J connectivity index is 1.36. The van der Waals surface area contributed by atoms with Crippen LogP contribution in [0.1, 0.15) is 18.4 Å². The lowest BCUT2D eigenvalue weighted by atomic mass is 9.74. The molecule has 5 rings (SSSR count). The maximum absolute atomic E-state index is 13.9. The van der Waals surface area contributed by atoms with Crippen molar-refractivity contribution in [3.05, 3.63) is 75.2 Å². The fourth-order valence-corrected chi connectivity index (χ4v) is 6.04. The standard InChI is InChI=1S/C24H22FN3O3S2/c25-17-4-1-3-16(11-17)24(6-8-31-9-7-24)14-26-20(29)12-28-15-27-22-21(23(28)30)18(13-33-22)19-5-2-10-32-19/h1-5,10-11,13,15H,6-9,12,14H2,(H,26,29). The minimum atomic E-state index is -0.400. The molecular formula is C24H22FN3O3S2. The van der Waals surface area contributed by atoms with E-state index in [0.717, 1.165) is 16.0 Å². The Labute approximate surface area is 197 Å². The van der Waals surface area contributed by atoms with Gasteiger partial charge in [0.15, 0.2) is 0 Å². The van der Waals surface area contributed by atoms with Crippen LogP contribution in [-0.2, 0) is 21.5 Å². The van der Waals surface area contributed by atoms with Gasteiger partial charge in [-0.1, -0.05) is 18.2 Å². The van der Waals surface area contributed by atoms with Crippen LogP contribution in [-0.4, -0.2) is 35.2 Å². The molecule has 4 aromatic rings. The number of rotatable bonds is 6. The van der Waals surface area contributed by atoms with Crippen molar-refractivity contribution >= 4 is 38.8 Å². The first-order valence-electron chi connectivity index (χ1n) is 10.7. The molecule has 0 bridgehead atoms. The molecule has 0 atom stereocenters. The molecule has 0 unspecified atom stereocenters. The molecule has 1 saturated heterocycles. The first kappa shape index (κ1) is 21.9. The predicted molar refractivity (Wildman–Crippen MR) is 128 cm³/mol. The van der Waals surface area contributed by atoms with E-state index < -0.39 is 5.41 Å². The summed E-state index contributed by atoms with van der Waals surface area (Å²) < 4.78 is 20.8. The van der Waals surface area contributed by atoms with Crippen molar-refractivity contribution in [3.8, 4) is 10.4 Å². The van der Waals surface area contributed by atoms with Gasteiger partial charge in [0, 0.05) is 41.0 Å². The van der Waals surface area contributed by atoms with E-state index in [9.17, 15) is 14.0 Å². The number of thiophene rings is 2. The van der Waals surface area contributed by atoms with Gasteiger partial charge in [-0.3, -0.25) is 14.2 Å². The van der Waals surface area contributed by atoms with Gasteiger partial charge in [0.05, 0.1) is 11.7 Å². The highest BCUT2D eigenvalue weighted by Crippen LogP contribution is 2.35. The van der Waals surface area contributed by atoms with E-state index in [4.69, 9.17) is 4.74 Å². The van der Waals surface area contributed by atoms with Gasteiger partial charge in [-0.2, -0.15) is 0 Å². The average Bonchev–Trinajstić information content (AvgIpc) is 3.50. The van der Waals surface area contributed by atoms with Crippen molar-refractivity contribution in [2.75, 3.05) is 19.8 Å². The van der Waals surface area contributed by atoms with Gasteiger partial charge < -0.3 is 10.1 Å². The number of hydrogen-bond acceptors (Lipinski definition) is 6. The molecule has 6 nitrogen and oxygen atoms in total. The van der Waals surface area contributed by atoms with Crippen LogP contribution in [0.2, 0.25) is 0 Å². The van der Waals surface area contributed by atoms with Crippen LogP contribution in [0.5, 0.6) is 0 Å². The summed E-state index contributed by atoms with van der Waals surface area (Å²) in [5.41, 5.74) is 1.07. The molecule has 9 heteroatoms. The van der Waals surface area contributed by atoms with E-state index in [1.807, 2.05) is 29.0 Å². The van der Waals surface area contributed by atoms with Gasteiger partial charge >= 0.3 is 0 Å². The molecule has 1 aromatic carbocycles. The Kier molecular flexibility index (Phi) is 6.09. The third-order valence-electron chi connectivity index (χ3n) is 6.17. The van der Waals surface area contributed by atoms with Crippen molar-refractivity contribution < 1.29 is 13.9 Å². The molecule has 1 aliphatic rings. The SMILES string of the molecule is O=C(Cn1cnc2scc(-c3cccs3)c2c1=O)NCC1(c2cccc(F)c2)CCOCC1. The lowest BCUT2D eigenvalue weighted by molar-refractivity contribution is -0.122. The molecule has 1 amide bonds. The maximum atomic E-state index is 13.9. The Bertz CT molecular complexity index is 1340. The molecule has 1 fully saturated rings. The molecule has 0 aliphatic carbocycles. The van der Waals surface area contributed by atoms with Crippen molar-refractivity contribution in [2.45, 2.75) is 24.8 Å². The molecule has 0 radical (unpaired) electrons. The Morgan fingerprint density at radius 2 is 2.06 bits per heavy atom. The lowest BCUT2D eigenvalue weighted by Crippen LogP contribution is -2.45. The third-order valence-corrected chi connectivity index (χ3v) is 7.96. The number of nitrogens with one attached hydrogen (secondary N) is 1. The maximum Gasteiger partial charge on any atom is 0.263 e. The number of nitrogens with zero attached hydrogens (tertiary/aromatic N) is 2. The zero-order chi connectivity index (χ0) is 22.8. The molecule has 170 valence electrons. The zero-order valence-corrected chi connectivity index (χ0v) is 19.4. The van der Waals surface area contributed by atoms with Crippen LogP contribution in [0.25, 0.3) is 20.7 Å². The summed E-state index contributed by atoms with van der Waals surface area (Å²) in [6.07, 6.45) is 2.79. The molecule has 3 aromatic heterocycles. The van der Waals surface area contributed by atoms with Crippen LogP contribution in [0.15, 0.2) is 58.3 Å². The normalized spacial score (nSPS) is 15.5. The fraction of sp³-hybridized carbons (Fsp3) is 0.292. The Morgan fingerprint density at radius 1 is 1.21 bits per heavy atom. The third kappa shape index (κ3) is 4.36. The van der Waals surface area contributed by atoms with Crippen LogP contribution in [0.3, 0.4) is 0 Å². The van der Waals surface area contributed by atoms with Crippen molar-refractivity contribution in [2.24, 2.45) is 0 Å². The van der Waals surface area contributed by atoms with Crippen molar-refractivity contribution in [1.82, 2.24) is 14.9 Å². The summed E-state index contributed by atoms with van der Waals surface area (Å²) in [5, 5.41) is 7.41. The number of carbonyl (C=O) groups is 1. The summed E-state index contributed by atoms with van der Waals surface area (Å²) in [7, 11) is 0. The molecular weight excluding hydrogens is 461 g/mol. The zero-order valence-electron chi connectivity index (χ0n) is 17.8.